The van der Waals surface area contributed by atoms with E-state index in [0.717, 1.165) is 10.5 Å². The van der Waals surface area contributed by atoms with Crippen molar-refractivity contribution in [1.29, 1.82) is 0 Å². The van der Waals surface area contributed by atoms with Crippen LogP contribution in [0.5, 0.6) is 0 Å². The number of carboxylic acids is 1. The highest BCUT2D eigenvalue weighted by molar-refractivity contribution is 6.12. The molecule has 0 spiro atoms. The first-order valence-electron chi connectivity index (χ1n) is 7.53. The smallest absolute Gasteiger partial charge is 0.323 e. The number of hydrogen-bond donors (Lipinski definition) is 2. The number of nitrogens with one attached hydrogen (secondary N) is 1. The summed E-state index contributed by atoms with van der Waals surface area (Å²) in [4.78, 5) is 37.6. The second kappa shape index (κ2) is 6.54. The molecule has 0 unspecified atom stereocenters. The van der Waals surface area contributed by atoms with Gasteiger partial charge in [-0.3, -0.25) is 19.3 Å². The number of para-hydroxylation sites is 1. The molecule has 0 saturated carbocycles. The highest BCUT2D eigenvalue weighted by atomic mass is 16.4. The van der Waals surface area contributed by atoms with Crippen molar-refractivity contribution in [1.82, 2.24) is 5.32 Å². The van der Waals surface area contributed by atoms with E-state index in [2.05, 4.69) is 5.32 Å². The average molecular weight is 324 g/mol. The molecule has 122 valence electrons. The van der Waals surface area contributed by atoms with Crippen molar-refractivity contribution >= 4 is 23.5 Å². The van der Waals surface area contributed by atoms with E-state index in [1.165, 1.54) is 0 Å². The number of carbonyl (C=O) groups is 3. The van der Waals surface area contributed by atoms with Gasteiger partial charge in [0.2, 0.25) is 5.91 Å². The monoisotopic (exact) mass is 324 g/mol. The Kier molecular flexibility index (Phi) is 4.29. The van der Waals surface area contributed by atoms with Crippen LogP contribution in [0.15, 0.2) is 54.6 Å². The van der Waals surface area contributed by atoms with Crippen LogP contribution in [0.3, 0.4) is 0 Å². The standard InChI is InChI=1S/C18H16N2O4/c21-16(22)11-20-15-9-5-4-8-13(15)17(23)19-14(18(20)24)10-12-6-2-1-3-7-12/h1-9,14H,10-11H2,(H,19,23)(H,21,22)/t14-/m0/s1. The van der Waals surface area contributed by atoms with Crippen LogP contribution in [0, 0.1) is 0 Å². The molecule has 1 atom stereocenters. The molecule has 0 radical (unpaired) electrons. The van der Waals surface area contributed by atoms with Crippen LogP contribution in [-0.4, -0.2) is 35.5 Å². The van der Waals surface area contributed by atoms with E-state index in [1.807, 2.05) is 30.3 Å². The number of carbonyl (C=O) groups excluding carboxylic acids is 2. The zero-order valence-corrected chi connectivity index (χ0v) is 12.8. The molecule has 1 aliphatic rings. The molecule has 1 aliphatic heterocycles. The van der Waals surface area contributed by atoms with Crippen LogP contribution in [0.1, 0.15) is 15.9 Å². The molecular formula is C18H16N2O4. The van der Waals surface area contributed by atoms with Gasteiger partial charge in [0, 0.05) is 6.42 Å². The summed E-state index contributed by atoms with van der Waals surface area (Å²) in [6.07, 6.45) is 0.301. The first kappa shape index (κ1) is 15.7. The SMILES string of the molecule is O=C(O)CN1C(=O)[C@H](Cc2ccccc2)NC(=O)c2ccccc21. The first-order chi connectivity index (χ1) is 11.6. The number of benzene rings is 2. The van der Waals surface area contributed by atoms with E-state index >= 15 is 0 Å². The Balaban J connectivity index is 1.98. The quantitative estimate of drug-likeness (QED) is 0.891. The van der Waals surface area contributed by atoms with Crippen LogP contribution in [0.2, 0.25) is 0 Å². The summed E-state index contributed by atoms with van der Waals surface area (Å²) in [6.45, 7) is -0.490. The molecule has 3 rings (SSSR count). The van der Waals surface area contributed by atoms with E-state index in [1.54, 1.807) is 24.3 Å². The van der Waals surface area contributed by atoms with Crippen molar-refractivity contribution < 1.29 is 19.5 Å². The fourth-order valence-electron chi connectivity index (χ4n) is 2.79. The van der Waals surface area contributed by atoms with Crippen LogP contribution < -0.4 is 10.2 Å². The van der Waals surface area contributed by atoms with Gasteiger partial charge in [-0.25, -0.2) is 0 Å². The highest BCUT2D eigenvalue weighted by Crippen LogP contribution is 2.24. The largest absolute Gasteiger partial charge is 0.480 e. The molecule has 0 bridgehead atoms. The number of nitrogens with zero attached hydrogens (tertiary/aromatic N) is 1. The van der Waals surface area contributed by atoms with Crippen LogP contribution in [0.25, 0.3) is 0 Å². The van der Waals surface area contributed by atoms with Gasteiger partial charge in [0.05, 0.1) is 11.3 Å². The van der Waals surface area contributed by atoms with E-state index < -0.39 is 24.5 Å². The minimum atomic E-state index is -1.13. The number of rotatable bonds is 4. The van der Waals surface area contributed by atoms with Crippen molar-refractivity contribution in [3.8, 4) is 0 Å². The van der Waals surface area contributed by atoms with Gasteiger partial charge in [0.15, 0.2) is 0 Å². The van der Waals surface area contributed by atoms with Gasteiger partial charge >= 0.3 is 5.97 Å². The van der Waals surface area contributed by atoms with Gasteiger partial charge in [-0.05, 0) is 17.7 Å². The van der Waals surface area contributed by atoms with Crippen LogP contribution >= 0.6 is 0 Å². The Morgan fingerprint density at radius 1 is 1.04 bits per heavy atom. The van der Waals surface area contributed by atoms with Gasteiger partial charge in [-0.1, -0.05) is 42.5 Å². The third-order valence-electron chi connectivity index (χ3n) is 3.88. The number of carboxylic acid groups (broad SMARTS) is 1. The molecule has 0 fully saturated rings. The van der Waals surface area contributed by atoms with Crippen molar-refractivity contribution in [2.24, 2.45) is 0 Å². The Morgan fingerprint density at radius 3 is 2.42 bits per heavy atom. The predicted octanol–water partition coefficient (Wildman–Crippen LogP) is 1.46. The van der Waals surface area contributed by atoms with Crippen LogP contribution in [-0.2, 0) is 16.0 Å². The van der Waals surface area contributed by atoms with E-state index in [9.17, 15) is 14.4 Å². The minimum absolute atomic E-state index is 0.294. The molecule has 2 aromatic carbocycles. The lowest BCUT2D eigenvalue weighted by atomic mass is 10.0. The lowest BCUT2D eigenvalue weighted by molar-refractivity contribution is -0.136. The normalized spacial score (nSPS) is 17.0. The first-order valence-corrected chi connectivity index (χ1v) is 7.53. The summed E-state index contributed by atoms with van der Waals surface area (Å²) < 4.78 is 0. The fraction of sp³-hybridized carbons (Fsp3) is 0.167. The van der Waals surface area contributed by atoms with Gasteiger partial charge < -0.3 is 10.4 Å². The molecule has 0 aromatic heterocycles. The lowest BCUT2D eigenvalue weighted by Crippen LogP contribution is -2.48. The Hall–Kier alpha value is -3.15. The second-order valence-corrected chi connectivity index (χ2v) is 5.55. The number of hydrogen-bond acceptors (Lipinski definition) is 3. The zero-order valence-electron chi connectivity index (χ0n) is 12.8. The summed E-state index contributed by atoms with van der Waals surface area (Å²) in [7, 11) is 0. The number of fused-ring (bicyclic) bond motifs is 1. The minimum Gasteiger partial charge on any atom is -0.480 e. The Bertz CT molecular complexity index is 789. The third kappa shape index (κ3) is 3.12. The van der Waals surface area contributed by atoms with Gasteiger partial charge in [0.1, 0.15) is 12.6 Å². The average Bonchev–Trinajstić information content (AvgIpc) is 2.67. The summed E-state index contributed by atoms with van der Waals surface area (Å²) >= 11 is 0. The molecular weight excluding hydrogens is 308 g/mol. The molecule has 1 heterocycles. The molecule has 2 amide bonds. The molecule has 6 heteroatoms. The maximum atomic E-state index is 12.8. The zero-order chi connectivity index (χ0) is 17.1. The maximum Gasteiger partial charge on any atom is 0.323 e. The van der Waals surface area contributed by atoms with Crippen molar-refractivity contribution in [3.63, 3.8) is 0 Å². The van der Waals surface area contributed by atoms with Gasteiger partial charge in [-0.2, -0.15) is 0 Å². The molecule has 0 aliphatic carbocycles. The van der Waals surface area contributed by atoms with E-state index in [4.69, 9.17) is 5.11 Å². The summed E-state index contributed by atoms with van der Waals surface area (Å²) in [5, 5.41) is 11.9. The van der Waals surface area contributed by atoms with Crippen molar-refractivity contribution in [3.05, 3.63) is 65.7 Å². The summed E-state index contributed by atoms with van der Waals surface area (Å²) in [5.74, 6) is -1.95. The molecule has 2 N–H and O–H groups in total. The maximum absolute atomic E-state index is 12.8. The fourth-order valence-corrected chi connectivity index (χ4v) is 2.79. The van der Waals surface area contributed by atoms with E-state index in [-0.39, 0.29) is 5.91 Å². The van der Waals surface area contributed by atoms with Crippen molar-refractivity contribution in [2.45, 2.75) is 12.5 Å². The number of amides is 2. The molecule has 0 saturated heterocycles. The van der Waals surface area contributed by atoms with Crippen LogP contribution in [0.4, 0.5) is 5.69 Å². The summed E-state index contributed by atoms with van der Waals surface area (Å²) in [6, 6.07) is 15.0. The highest BCUT2D eigenvalue weighted by Gasteiger charge is 2.34. The molecule has 6 nitrogen and oxygen atoms in total. The number of anilines is 1. The Morgan fingerprint density at radius 2 is 1.71 bits per heavy atom. The lowest BCUT2D eigenvalue weighted by Gasteiger charge is -2.23. The van der Waals surface area contributed by atoms with Gasteiger partial charge in [-0.15, -0.1) is 0 Å². The predicted molar refractivity (Wildman–Crippen MR) is 87.8 cm³/mol. The topological polar surface area (TPSA) is 86.7 Å². The van der Waals surface area contributed by atoms with E-state index in [0.29, 0.717) is 17.7 Å². The van der Waals surface area contributed by atoms with Crippen molar-refractivity contribution in [2.75, 3.05) is 11.4 Å². The van der Waals surface area contributed by atoms with Gasteiger partial charge in [0.25, 0.3) is 5.91 Å². The number of aliphatic carboxylic acids is 1. The Labute approximate surface area is 138 Å². The molecule has 2 aromatic rings. The second-order valence-electron chi connectivity index (χ2n) is 5.55. The summed E-state index contributed by atoms with van der Waals surface area (Å²) in [5.41, 5.74) is 1.50. The third-order valence-corrected chi connectivity index (χ3v) is 3.88. The molecule has 24 heavy (non-hydrogen) atoms.